The molecule has 4 nitrogen and oxygen atoms in total. The Morgan fingerprint density at radius 2 is 2.19 bits per heavy atom. The van der Waals surface area contributed by atoms with Crippen LogP contribution < -0.4 is 11.3 Å². The van der Waals surface area contributed by atoms with Gasteiger partial charge in [-0.3, -0.25) is 11.3 Å². The van der Waals surface area contributed by atoms with Crippen molar-refractivity contribution in [2.24, 2.45) is 11.3 Å². The maximum Gasteiger partial charge on any atom is 0.337 e. The first-order valence-corrected chi connectivity index (χ1v) is 9.75. The summed E-state index contributed by atoms with van der Waals surface area (Å²) < 4.78 is 0. The lowest BCUT2D eigenvalue weighted by Crippen LogP contribution is -2.22. The molecule has 138 valence electrons. The van der Waals surface area contributed by atoms with Crippen LogP contribution >= 0.6 is 11.3 Å². The van der Waals surface area contributed by atoms with Gasteiger partial charge >= 0.3 is 5.97 Å². The zero-order valence-corrected chi connectivity index (χ0v) is 16.4. The molecule has 2 aromatic rings. The van der Waals surface area contributed by atoms with E-state index in [0.717, 1.165) is 46.4 Å². The fraction of sp³-hybridized carbons (Fsp3) is 0.381. The minimum atomic E-state index is -0.834. The number of rotatable bonds is 5. The van der Waals surface area contributed by atoms with Gasteiger partial charge in [-0.1, -0.05) is 38.1 Å². The molecule has 0 bridgehead atoms. The Morgan fingerprint density at radius 3 is 2.85 bits per heavy atom. The van der Waals surface area contributed by atoms with Gasteiger partial charge in [0.05, 0.1) is 5.56 Å². The molecule has 0 spiro atoms. The van der Waals surface area contributed by atoms with Crippen molar-refractivity contribution in [2.75, 3.05) is 0 Å². The summed E-state index contributed by atoms with van der Waals surface area (Å²) in [6, 6.07) is 6.13. The third-order valence-electron chi connectivity index (χ3n) is 5.01. The summed E-state index contributed by atoms with van der Waals surface area (Å²) in [5, 5.41) is 9.96. The Hall–Kier alpha value is -1.95. The highest BCUT2D eigenvalue weighted by molar-refractivity contribution is 7.16. The van der Waals surface area contributed by atoms with Crippen molar-refractivity contribution in [3.8, 4) is 10.4 Å². The third kappa shape index (κ3) is 3.61. The van der Waals surface area contributed by atoms with Gasteiger partial charge in [0.25, 0.3) is 0 Å². The normalized spacial score (nSPS) is 16.0. The molecule has 26 heavy (non-hydrogen) atoms. The predicted octanol–water partition coefficient (Wildman–Crippen LogP) is 4.62. The molecule has 1 aliphatic carbocycles. The standard InChI is InChI=1S/C21H26N2O2S/c1-4-5-13-6-7-15(14(10-13)12-23-22)19-18(20(24)25)16-11-21(2,3)9-8-17(16)26-19/h4-7,10,23H,8-9,11-12,22H2,1-3H3,(H,24,25)/b5-4+. The van der Waals surface area contributed by atoms with Gasteiger partial charge < -0.3 is 5.11 Å². The van der Waals surface area contributed by atoms with Crippen molar-refractivity contribution < 1.29 is 9.90 Å². The largest absolute Gasteiger partial charge is 0.478 e. The molecule has 0 unspecified atom stereocenters. The number of carboxylic acids is 1. The number of aromatic carboxylic acids is 1. The molecule has 0 fully saturated rings. The second-order valence-corrected chi connectivity index (χ2v) is 8.76. The molecule has 1 aromatic carbocycles. The number of benzene rings is 1. The molecule has 3 rings (SSSR count). The second kappa shape index (κ2) is 7.35. The van der Waals surface area contributed by atoms with E-state index in [2.05, 4.69) is 25.3 Å². The first-order chi connectivity index (χ1) is 12.4. The molecule has 0 atom stereocenters. The molecule has 0 saturated carbocycles. The highest BCUT2D eigenvalue weighted by Gasteiger charge is 2.33. The molecule has 0 saturated heterocycles. The highest BCUT2D eigenvalue weighted by atomic mass is 32.1. The van der Waals surface area contributed by atoms with E-state index >= 15 is 0 Å². The number of carbonyl (C=O) groups is 1. The predicted molar refractivity (Wildman–Crippen MR) is 108 cm³/mol. The molecular weight excluding hydrogens is 344 g/mol. The molecule has 1 aromatic heterocycles. The van der Waals surface area contributed by atoms with Gasteiger partial charge in [-0.05, 0) is 59.9 Å². The monoisotopic (exact) mass is 370 g/mol. The van der Waals surface area contributed by atoms with Crippen LogP contribution in [0.25, 0.3) is 16.5 Å². The topological polar surface area (TPSA) is 75.3 Å². The van der Waals surface area contributed by atoms with Crippen LogP contribution in [-0.2, 0) is 19.4 Å². The van der Waals surface area contributed by atoms with Gasteiger partial charge in [0.2, 0.25) is 0 Å². The van der Waals surface area contributed by atoms with Gasteiger partial charge in [-0.25, -0.2) is 4.79 Å². The van der Waals surface area contributed by atoms with Crippen molar-refractivity contribution in [1.82, 2.24) is 5.43 Å². The van der Waals surface area contributed by atoms with E-state index in [1.165, 1.54) is 4.88 Å². The first kappa shape index (κ1) is 18.8. The summed E-state index contributed by atoms with van der Waals surface area (Å²) in [6.45, 7) is 6.91. The van der Waals surface area contributed by atoms with Crippen molar-refractivity contribution >= 4 is 23.4 Å². The van der Waals surface area contributed by atoms with E-state index in [9.17, 15) is 9.90 Å². The van der Waals surface area contributed by atoms with Crippen molar-refractivity contribution in [2.45, 2.75) is 46.6 Å². The number of thiophene rings is 1. The Labute approximate surface area is 158 Å². The number of hydrazine groups is 1. The Morgan fingerprint density at radius 1 is 1.42 bits per heavy atom. The molecule has 1 aliphatic rings. The lowest BCUT2D eigenvalue weighted by Gasteiger charge is -2.29. The van der Waals surface area contributed by atoms with Crippen molar-refractivity contribution in [1.29, 1.82) is 0 Å². The highest BCUT2D eigenvalue weighted by Crippen LogP contribution is 2.45. The number of nitrogens with one attached hydrogen (secondary N) is 1. The number of carboxylic acid groups (broad SMARTS) is 1. The van der Waals surface area contributed by atoms with E-state index in [4.69, 9.17) is 5.84 Å². The van der Waals surface area contributed by atoms with Crippen LogP contribution in [0.3, 0.4) is 0 Å². The summed E-state index contributed by atoms with van der Waals surface area (Å²) in [4.78, 5) is 14.2. The third-order valence-corrected chi connectivity index (χ3v) is 6.34. The SMILES string of the molecule is C/C=C/c1ccc(-c2sc3c(c2C(=O)O)CC(C)(C)CC3)c(CNN)c1. The van der Waals surface area contributed by atoms with Crippen LogP contribution in [0, 0.1) is 5.41 Å². The van der Waals surface area contributed by atoms with Crippen molar-refractivity contribution in [3.63, 3.8) is 0 Å². The lowest BCUT2D eigenvalue weighted by molar-refractivity contribution is 0.0696. The summed E-state index contributed by atoms with van der Waals surface area (Å²) >= 11 is 1.64. The van der Waals surface area contributed by atoms with E-state index in [-0.39, 0.29) is 5.41 Å². The van der Waals surface area contributed by atoms with Crippen LogP contribution in [-0.4, -0.2) is 11.1 Å². The average molecular weight is 371 g/mol. The summed E-state index contributed by atoms with van der Waals surface area (Å²) in [5.74, 6) is 4.75. The number of nitrogens with two attached hydrogens (primary N) is 1. The summed E-state index contributed by atoms with van der Waals surface area (Å²) in [6.07, 6.45) is 6.89. The van der Waals surface area contributed by atoms with Crippen LogP contribution in [0.1, 0.15) is 59.1 Å². The fourth-order valence-electron chi connectivity index (χ4n) is 3.72. The number of hydrogen-bond acceptors (Lipinski definition) is 4. The van der Waals surface area contributed by atoms with Crippen LogP contribution in [0.2, 0.25) is 0 Å². The van der Waals surface area contributed by atoms with E-state index < -0.39 is 5.97 Å². The number of hydrogen-bond donors (Lipinski definition) is 3. The van der Waals surface area contributed by atoms with Crippen LogP contribution in [0.5, 0.6) is 0 Å². The summed E-state index contributed by atoms with van der Waals surface area (Å²) in [7, 11) is 0. The van der Waals surface area contributed by atoms with Crippen LogP contribution in [0.4, 0.5) is 0 Å². The van der Waals surface area contributed by atoms with E-state index in [1.54, 1.807) is 11.3 Å². The zero-order chi connectivity index (χ0) is 18.9. The first-order valence-electron chi connectivity index (χ1n) is 8.93. The lowest BCUT2D eigenvalue weighted by atomic mass is 9.76. The van der Waals surface area contributed by atoms with E-state index in [0.29, 0.717) is 12.1 Å². The Kier molecular flexibility index (Phi) is 5.32. The minimum absolute atomic E-state index is 0.146. The maximum absolute atomic E-state index is 12.1. The zero-order valence-electron chi connectivity index (χ0n) is 15.6. The fourth-order valence-corrected chi connectivity index (χ4v) is 5.09. The molecule has 5 heteroatoms. The average Bonchev–Trinajstić information content (AvgIpc) is 2.93. The molecule has 0 aliphatic heterocycles. The van der Waals surface area contributed by atoms with E-state index in [1.807, 2.05) is 31.2 Å². The van der Waals surface area contributed by atoms with Gasteiger partial charge in [0.15, 0.2) is 0 Å². The summed E-state index contributed by atoms with van der Waals surface area (Å²) in [5.41, 5.74) is 7.44. The quantitative estimate of drug-likeness (QED) is 0.530. The smallest absolute Gasteiger partial charge is 0.337 e. The maximum atomic E-state index is 12.1. The molecule has 0 radical (unpaired) electrons. The van der Waals surface area contributed by atoms with Gasteiger partial charge in [0.1, 0.15) is 0 Å². The van der Waals surface area contributed by atoms with Gasteiger partial charge in [-0.15, -0.1) is 11.3 Å². The second-order valence-electron chi connectivity index (χ2n) is 7.65. The van der Waals surface area contributed by atoms with Crippen LogP contribution in [0.15, 0.2) is 24.3 Å². The van der Waals surface area contributed by atoms with Crippen molar-refractivity contribution in [3.05, 3.63) is 51.4 Å². The van der Waals surface area contributed by atoms with Gasteiger partial charge in [-0.2, -0.15) is 0 Å². The molecule has 0 amide bonds. The molecule has 4 N–H and O–H groups in total. The Balaban J connectivity index is 2.18. The minimum Gasteiger partial charge on any atom is -0.478 e. The number of aryl methyl sites for hydroxylation is 1. The number of allylic oxidation sites excluding steroid dienone is 1. The molecule has 1 heterocycles. The number of fused-ring (bicyclic) bond motifs is 1. The van der Waals surface area contributed by atoms with Gasteiger partial charge in [0, 0.05) is 16.3 Å². The Bertz CT molecular complexity index is 865. The molecular formula is C21H26N2O2S.